The van der Waals surface area contributed by atoms with Crippen molar-refractivity contribution >= 4 is 5.88 Å². The minimum atomic E-state index is -0.497. The average molecular weight is 266 g/mol. The van der Waals surface area contributed by atoms with Crippen LogP contribution in [0.2, 0.25) is 0 Å². The minimum absolute atomic E-state index is 0.172. The van der Waals surface area contributed by atoms with Crippen LogP contribution in [0.3, 0.4) is 0 Å². The molecular weight excluding hydrogens is 248 g/mol. The van der Waals surface area contributed by atoms with Crippen LogP contribution in [0.5, 0.6) is 0 Å². The van der Waals surface area contributed by atoms with Crippen molar-refractivity contribution in [2.45, 2.75) is 12.6 Å². The summed E-state index contributed by atoms with van der Waals surface area (Å²) in [5, 5.41) is 13.9. The van der Waals surface area contributed by atoms with Crippen LogP contribution < -0.4 is 5.32 Å². The van der Waals surface area contributed by atoms with Crippen LogP contribution in [-0.4, -0.2) is 60.0 Å². The number of nitrogens with zero attached hydrogens (tertiary/aromatic N) is 3. The molecule has 2 aliphatic rings. The molecule has 0 amide bonds. The fraction of sp³-hybridized carbons (Fsp3) is 0.667. The number of furan rings is 1. The van der Waals surface area contributed by atoms with Crippen molar-refractivity contribution in [1.82, 2.24) is 15.1 Å². The number of hydrogen-bond donors (Lipinski definition) is 1. The van der Waals surface area contributed by atoms with Gasteiger partial charge in [-0.05, 0) is 6.07 Å². The summed E-state index contributed by atoms with van der Waals surface area (Å²) >= 11 is 0. The molecule has 3 heterocycles. The Bertz CT molecular complexity index is 450. The Hall–Kier alpha value is -1.44. The Labute approximate surface area is 111 Å². The van der Waals surface area contributed by atoms with E-state index in [1.54, 1.807) is 6.07 Å². The van der Waals surface area contributed by atoms with Gasteiger partial charge in [-0.15, -0.1) is 0 Å². The van der Waals surface area contributed by atoms with Crippen LogP contribution in [0.25, 0.3) is 0 Å². The van der Waals surface area contributed by atoms with E-state index >= 15 is 0 Å². The highest BCUT2D eigenvalue weighted by Gasteiger charge is 2.32. The van der Waals surface area contributed by atoms with Gasteiger partial charge in [-0.1, -0.05) is 0 Å². The van der Waals surface area contributed by atoms with E-state index in [-0.39, 0.29) is 5.88 Å². The molecule has 0 unspecified atom stereocenters. The Balaban J connectivity index is 1.46. The highest BCUT2D eigenvalue weighted by molar-refractivity contribution is 5.18. The molecule has 104 valence electrons. The van der Waals surface area contributed by atoms with Gasteiger partial charge in [0.15, 0.2) is 0 Å². The molecule has 0 bridgehead atoms. The Kier molecular flexibility index (Phi) is 3.50. The van der Waals surface area contributed by atoms with E-state index in [9.17, 15) is 10.1 Å². The number of likely N-dealkylation sites (tertiary alicyclic amines) is 1. The predicted octanol–water partition coefficient (Wildman–Crippen LogP) is 0.277. The molecule has 1 aromatic rings. The first kappa shape index (κ1) is 12.6. The van der Waals surface area contributed by atoms with Crippen molar-refractivity contribution in [2.24, 2.45) is 0 Å². The van der Waals surface area contributed by atoms with Gasteiger partial charge in [-0.3, -0.25) is 19.9 Å². The first-order valence-corrected chi connectivity index (χ1v) is 6.62. The summed E-state index contributed by atoms with van der Waals surface area (Å²) in [5.41, 5.74) is 0. The normalized spacial score (nSPS) is 22.3. The van der Waals surface area contributed by atoms with Crippen molar-refractivity contribution in [3.8, 4) is 0 Å². The molecule has 7 heteroatoms. The van der Waals surface area contributed by atoms with Crippen LogP contribution in [0.1, 0.15) is 5.76 Å². The van der Waals surface area contributed by atoms with Gasteiger partial charge in [-0.2, -0.15) is 0 Å². The molecule has 19 heavy (non-hydrogen) atoms. The summed E-state index contributed by atoms with van der Waals surface area (Å²) in [6.07, 6.45) is 0. The molecule has 0 spiro atoms. The first-order valence-electron chi connectivity index (χ1n) is 6.62. The largest absolute Gasteiger partial charge is 0.433 e. The topological polar surface area (TPSA) is 74.8 Å². The van der Waals surface area contributed by atoms with Gasteiger partial charge in [0.25, 0.3) is 0 Å². The molecule has 2 aliphatic heterocycles. The molecule has 1 aromatic heterocycles. The van der Waals surface area contributed by atoms with E-state index in [1.807, 2.05) is 0 Å². The number of piperazine rings is 1. The van der Waals surface area contributed by atoms with E-state index < -0.39 is 4.92 Å². The third-order valence-electron chi connectivity index (χ3n) is 3.81. The number of rotatable bonds is 4. The second-order valence-corrected chi connectivity index (χ2v) is 5.13. The smallest absolute Gasteiger partial charge is 0.404 e. The lowest BCUT2D eigenvalue weighted by molar-refractivity contribution is -0.402. The third-order valence-corrected chi connectivity index (χ3v) is 3.81. The van der Waals surface area contributed by atoms with Crippen LogP contribution in [-0.2, 0) is 6.54 Å². The van der Waals surface area contributed by atoms with Crippen molar-refractivity contribution in [3.05, 3.63) is 28.0 Å². The lowest BCUT2D eigenvalue weighted by Gasteiger charge is -2.46. The van der Waals surface area contributed by atoms with E-state index in [0.717, 1.165) is 39.3 Å². The summed E-state index contributed by atoms with van der Waals surface area (Å²) in [4.78, 5) is 14.8. The van der Waals surface area contributed by atoms with E-state index in [4.69, 9.17) is 4.42 Å². The van der Waals surface area contributed by atoms with Gasteiger partial charge in [0.1, 0.15) is 10.7 Å². The van der Waals surface area contributed by atoms with Crippen molar-refractivity contribution in [2.75, 3.05) is 39.3 Å². The first-order chi connectivity index (χ1) is 9.22. The van der Waals surface area contributed by atoms with Crippen LogP contribution in [0, 0.1) is 10.1 Å². The standard InChI is InChI=1S/C12H18N4O3/c17-16(18)12-2-1-11(19-12)9-14-7-10(8-14)15-5-3-13-4-6-15/h1-2,10,13H,3-9H2. The Morgan fingerprint density at radius 2 is 2.11 bits per heavy atom. The molecular formula is C12H18N4O3. The lowest BCUT2D eigenvalue weighted by Crippen LogP contribution is -2.62. The van der Waals surface area contributed by atoms with Crippen molar-refractivity contribution in [3.63, 3.8) is 0 Å². The van der Waals surface area contributed by atoms with Crippen molar-refractivity contribution < 1.29 is 9.34 Å². The Morgan fingerprint density at radius 1 is 1.37 bits per heavy atom. The monoisotopic (exact) mass is 266 g/mol. The molecule has 2 saturated heterocycles. The van der Waals surface area contributed by atoms with Gasteiger partial charge < -0.3 is 9.73 Å². The summed E-state index contributed by atoms with van der Waals surface area (Å²) in [6, 6.07) is 3.74. The fourth-order valence-corrected chi connectivity index (χ4v) is 2.72. The molecule has 7 nitrogen and oxygen atoms in total. The van der Waals surface area contributed by atoms with Crippen LogP contribution in [0.15, 0.2) is 16.5 Å². The maximum absolute atomic E-state index is 10.5. The van der Waals surface area contributed by atoms with E-state index in [2.05, 4.69) is 15.1 Å². The molecule has 0 radical (unpaired) electrons. The maximum atomic E-state index is 10.5. The average Bonchev–Trinajstić information content (AvgIpc) is 2.83. The highest BCUT2D eigenvalue weighted by Crippen LogP contribution is 2.21. The molecule has 0 aliphatic carbocycles. The second-order valence-electron chi connectivity index (χ2n) is 5.13. The summed E-state index contributed by atoms with van der Waals surface area (Å²) in [5.74, 6) is 0.500. The van der Waals surface area contributed by atoms with Gasteiger partial charge >= 0.3 is 5.88 Å². The molecule has 0 atom stereocenters. The molecule has 2 fully saturated rings. The molecule has 3 rings (SSSR count). The highest BCUT2D eigenvalue weighted by atomic mass is 16.6. The number of nitro groups is 1. The zero-order chi connectivity index (χ0) is 13.2. The predicted molar refractivity (Wildman–Crippen MR) is 68.9 cm³/mol. The number of hydrogen-bond acceptors (Lipinski definition) is 6. The van der Waals surface area contributed by atoms with Gasteiger partial charge in [0.05, 0.1) is 12.6 Å². The summed E-state index contributed by atoms with van der Waals surface area (Å²) in [6.45, 7) is 7.08. The molecule has 1 N–H and O–H groups in total. The van der Waals surface area contributed by atoms with E-state index in [0.29, 0.717) is 18.3 Å². The van der Waals surface area contributed by atoms with Gasteiger partial charge in [0.2, 0.25) is 0 Å². The quantitative estimate of drug-likeness (QED) is 0.623. The molecule has 0 saturated carbocycles. The van der Waals surface area contributed by atoms with Gasteiger partial charge in [0, 0.05) is 45.3 Å². The minimum Gasteiger partial charge on any atom is -0.404 e. The molecule has 0 aromatic carbocycles. The zero-order valence-corrected chi connectivity index (χ0v) is 10.7. The zero-order valence-electron chi connectivity index (χ0n) is 10.7. The summed E-state index contributed by atoms with van der Waals surface area (Å²) < 4.78 is 5.17. The Morgan fingerprint density at radius 3 is 2.74 bits per heavy atom. The van der Waals surface area contributed by atoms with E-state index in [1.165, 1.54) is 6.07 Å². The second kappa shape index (κ2) is 5.28. The SMILES string of the molecule is O=[N+]([O-])c1ccc(CN2CC(N3CCNCC3)C2)o1. The number of nitrogens with one attached hydrogen (secondary N) is 1. The van der Waals surface area contributed by atoms with Crippen LogP contribution in [0.4, 0.5) is 5.88 Å². The fourth-order valence-electron chi connectivity index (χ4n) is 2.72. The van der Waals surface area contributed by atoms with Crippen LogP contribution >= 0.6 is 0 Å². The van der Waals surface area contributed by atoms with Crippen molar-refractivity contribution in [1.29, 1.82) is 0 Å². The lowest BCUT2D eigenvalue weighted by atomic mass is 10.1. The van der Waals surface area contributed by atoms with Gasteiger partial charge in [-0.25, -0.2) is 0 Å². The maximum Gasteiger partial charge on any atom is 0.433 e. The summed E-state index contributed by atoms with van der Waals surface area (Å²) in [7, 11) is 0. The third kappa shape index (κ3) is 2.78.